The summed E-state index contributed by atoms with van der Waals surface area (Å²) in [7, 11) is 0. The van der Waals surface area contributed by atoms with Crippen molar-refractivity contribution in [2.24, 2.45) is 0 Å². The van der Waals surface area contributed by atoms with Crippen LogP contribution in [0.15, 0.2) is 16.7 Å². The van der Waals surface area contributed by atoms with Crippen LogP contribution >= 0.6 is 15.9 Å². The molecular weight excluding hydrogens is 358 g/mol. The number of carbonyl (C=O) groups is 2. The number of aromatic nitrogens is 1. The molecule has 0 saturated carbocycles. The van der Waals surface area contributed by atoms with E-state index in [4.69, 9.17) is 0 Å². The minimum absolute atomic E-state index is 0.116. The maximum absolute atomic E-state index is 12.0. The number of hydrogen-bond acceptors (Lipinski definition) is 6. The van der Waals surface area contributed by atoms with Gasteiger partial charge in [-0.3, -0.25) is 20.2 Å². The molecule has 22 heavy (non-hydrogen) atoms. The van der Waals surface area contributed by atoms with Crippen molar-refractivity contribution in [1.29, 1.82) is 0 Å². The molecule has 1 unspecified atom stereocenters. The highest BCUT2D eigenvalue weighted by molar-refractivity contribution is 9.10. The molecule has 1 spiro atoms. The molecule has 2 fully saturated rings. The second-order valence-electron chi connectivity index (χ2n) is 5.27. The van der Waals surface area contributed by atoms with Gasteiger partial charge in [0.05, 0.1) is 15.9 Å². The van der Waals surface area contributed by atoms with Crippen LogP contribution < -0.4 is 15.5 Å². The van der Waals surface area contributed by atoms with E-state index in [1.165, 1.54) is 12.3 Å². The first kappa shape index (κ1) is 14.7. The summed E-state index contributed by atoms with van der Waals surface area (Å²) in [6.45, 7) is 0.919. The van der Waals surface area contributed by atoms with Crippen molar-refractivity contribution in [1.82, 2.24) is 15.6 Å². The highest BCUT2D eigenvalue weighted by Crippen LogP contribution is 2.32. The van der Waals surface area contributed by atoms with Gasteiger partial charge in [0.25, 0.3) is 11.6 Å². The number of imide groups is 1. The fourth-order valence-electron chi connectivity index (χ4n) is 2.81. The van der Waals surface area contributed by atoms with Gasteiger partial charge in [-0.1, -0.05) is 0 Å². The Morgan fingerprint density at radius 1 is 1.45 bits per heavy atom. The second kappa shape index (κ2) is 5.20. The number of anilines is 1. The number of rotatable bonds is 2. The molecule has 0 bridgehead atoms. The minimum Gasteiger partial charge on any atom is -0.353 e. The monoisotopic (exact) mass is 369 g/mol. The third kappa shape index (κ3) is 2.39. The van der Waals surface area contributed by atoms with Crippen LogP contribution in [0.2, 0.25) is 0 Å². The molecule has 116 valence electrons. The second-order valence-corrected chi connectivity index (χ2v) is 6.13. The molecule has 3 rings (SSSR count). The van der Waals surface area contributed by atoms with Crippen LogP contribution in [0, 0.1) is 10.1 Å². The average Bonchev–Trinajstić information content (AvgIpc) is 2.72. The summed E-state index contributed by atoms with van der Waals surface area (Å²) in [5, 5.41) is 15.7. The largest absolute Gasteiger partial charge is 0.353 e. The van der Waals surface area contributed by atoms with Crippen molar-refractivity contribution in [2.75, 3.05) is 18.0 Å². The van der Waals surface area contributed by atoms with Crippen molar-refractivity contribution in [3.05, 3.63) is 26.9 Å². The molecule has 10 heteroatoms. The Morgan fingerprint density at radius 2 is 2.23 bits per heavy atom. The molecule has 3 heterocycles. The topological polar surface area (TPSA) is 117 Å². The minimum atomic E-state index is -0.960. The van der Waals surface area contributed by atoms with Crippen LogP contribution in [0.3, 0.4) is 0 Å². The Labute approximate surface area is 133 Å². The Hall–Kier alpha value is -2.23. The van der Waals surface area contributed by atoms with Crippen LogP contribution in [0.25, 0.3) is 0 Å². The molecule has 0 aliphatic carbocycles. The standard InChI is InChI=1S/C12H12BrN5O4/c13-8-4-7(18(21)22)5-14-9(8)17-3-1-2-12(6-17)10(19)15-11(20)16-12/h4-5H,1-3,6H2,(H2,15,16,19,20). The molecule has 1 aromatic heterocycles. The maximum atomic E-state index is 12.0. The zero-order valence-electron chi connectivity index (χ0n) is 11.3. The van der Waals surface area contributed by atoms with Gasteiger partial charge in [-0.2, -0.15) is 0 Å². The Morgan fingerprint density at radius 3 is 2.82 bits per heavy atom. The first-order valence-electron chi connectivity index (χ1n) is 6.60. The number of nitrogens with one attached hydrogen (secondary N) is 2. The predicted molar refractivity (Wildman–Crippen MR) is 79.4 cm³/mol. The van der Waals surface area contributed by atoms with E-state index in [1.54, 1.807) is 0 Å². The number of carbonyl (C=O) groups excluding carboxylic acids is 2. The lowest BCUT2D eigenvalue weighted by molar-refractivity contribution is -0.385. The first-order chi connectivity index (χ1) is 10.4. The van der Waals surface area contributed by atoms with Gasteiger partial charge < -0.3 is 10.2 Å². The number of nitrogens with zero attached hydrogens (tertiary/aromatic N) is 3. The number of piperidine rings is 1. The zero-order chi connectivity index (χ0) is 15.9. The number of amides is 3. The highest BCUT2D eigenvalue weighted by atomic mass is 79.9. The quantitative estimate of drug-likeness (QED) is 0.454. The van der Waals surface area contributed by atoms with Gasteiger partial charge in [-0.15, -0.1) is 0 Å². The summed E-state index contributed by atoms with van der Waals surface area (Å²) in [4.78, 5) is 39.6. The zero-order valence-corrected chi connectivity index (χ0v) is 12.9. The third-order valence-electron chi connectivity index (χ3n) is 3.82. The number of halogens is 1. The third-order valence-corrected chi connectivity index (χ3v) is 4.41. The summed E-state index contributed by atoms with van der Waals surface area (Å²) >= 11 is 3.28. The van der Waals surface area contributed by atoms with Gasteiger partial charge in [0.1, 0.15) is 17.6 Å². The van der Waals surface area contributed by atoms with E-state index in [-0.39, 0.29) is 18.1 Å². The smallest absolute Gasteiger partial charge is 0.322 e. The lowest BCUT2D eigenvalue weighted by atomic mass is 9.89. The van der Waals surface area contributed by atoms with Crippen molar-refractivity contribution >= 4 is 39.4 Å². The number of hydrogen-bond donors (Lipinski definition) is 2. The highest BCUT2D eigenvalue weighted by Gasteiger charge is 2.49. The Kier molecular flexibility index (Phi) is 3.47. The molecule has 2 aliphatic rings. The normalized spacial score (nSPS) is 24.3. The number of urea groups is 1. The van der Waals surface area contributed by atoms with Crippen LogP contribution in [-0.2, 0) is 4.79 Å². The fourth-order valence-corrected chi connectivity index (χ4v) is 3.39. The summed E-state index contributed by atoms with van der Waals surface area (Å²) in [6, 6.07) is 0.874. The molecule has 0 radical (unpaired) electrons. The van der Waals surface area contributed by atoms with Gasteiger partial charge in [-0.25, -0.2) is 9.78 Å². The van der Waals surface area contributed by atoms with Gasteiger partial charge in [0, 0.05) is 12.6 Å². The average molecular weight is 370 g/mol. The van der Waals surface area contributed by atoms with E-state index in [9.17, 15) is 19.7 Å². The van der Waals surface area contributed by atoms with Crippen molar-refractivity contribution in [3.63, 3.8) is 0 Å². The molecule has 0 aromatic carbocycles. The predicted octanol–water partition coefficient (Wildman–Crippen LogP) is 0.931. The van der Waals surface area contributed by atoms with Gasteiger partial charge in [0.15, 0.2) is 0 Å². The van der Waals surface area contributed by atoms with Crippen LogP contribution in [-0.4, -0.2) is 40.5 Å². The van der Waals surface area contributed by atoms with E-state index in [2.05, 4.69) is 31.5 Å². The van der Waals surface area contributed by atoms with Crippen LogP contribution in [0.5, 0.6) is 0 Å². The molecule has 3 amide bonds. The number of nitro groups is 1. The first-order valence-corrected chi connectivity index (χ1v) is 7.39. The summed E-state index contributed by atoms with van der Waals surface area (Å²) < 4.78 is 0.475. The maximum Gasteiger partial charge on any atom is 0.322 e. The molecule has 2 saturated heterocycles. The Balaban J connectivity index is 1.88. The van der Waals surface area contributed by atoms with Crippen molar-refractivity contribution in [3.8, 4) is 0 Å². The summed E-state index contributed by atoms with van der Waals surface area (Å²) in [5.41, 5.74) is -1.08. The van der Waals surface area contributed by atoms with Gasteiger partial charge in [-0.05, 0) is 28.8 Å². The van der Waals surface area contributed by atoms with E-state index in [1.807, 2.05) is 4.90 Å². The molecule has 2 N–H and O–H groups in total. The fraction of sp³-hybridized carbons (Fsp3) is 0.417. The van der Waals surface area contributed by atoms with Crippen LogP contribution in [0.4, 0.5) is 16.3 Å². The van der Waals surface area contributed by atoms with E-state index < -0.39 is 16.5 Å². The van der Waals surface area contributed by atoms with Crippen molar-refractivity contribution < 1.29 is 14.5 Å². The molecule has 2 aliphatic heterocycles. The molecule has 9 nitrogen and oxygen atoms in total. The van der Waals surface area contributed by atoms with Gasteiger partial charge >= 0.3 is 6.03 Å². The van der Waals surface area contributed by atoms with E-state index in [0.29, 0.717) is 29.7 Å². The van der Waals surface area contributed by atoms with E-state index >= 15 is 0 Å². The molecular formula is C12H12BrN5O4. The Bertz CT molecular complexity index is 681. The van der Waals surface area contributed by atoms with Crippen molar-refractivity contribution in [2.45, 2.75) is 18.4 Å². The summed E-state index contributed by atoms with van der Waals surface area (Å²) in [6.07, 6.45) is 2.42. The van der Waals surface area contributed by atoms with Gasteiger partial charge in [0.2, 0.25) is 0 Å². The van der Waals surface area contributed by atoms with Crippen LogP contribution in [0.1, 0.15) is 12.8 Å². The SMILES string of the molecule is O=C1NC(=O)C2(CCCN(c3ncc([N+](=O)[O-])cc3Br)C2)N1. The molecule has 1 aromatic rings. The lowest BCUT2D eigenvalue weighted by Gasteiger charge is -2.38. The number of pyridine rings is 1. The molecule has 1 atom stereocenters. The van der Waals surface area contributed by atoms with E-state index in [0.717, 1.165) is 0 Å². The summed E-state index contributed by atoms with van der Waals surface area (Å²) in [5.74, 6) is 0.166. The lowest BCUT2D eigenvalue weighted by Crippen LogP contribution is -2.58.